The number of hydrogen-bond acceptors (Lipinski definition) is 6. The number of hydrogen-bond donors (Lipinski definition) is 2. The molecule has 0 aliphatic heterocycles. The number of nitrogens with zero attached hydrogens (tertiary/aromatic N) is 1. The molecular weight excluding hydrogens is 302 g/mol. The van der Waals surface area contributed by atoms with Gasteiger partial charge in [-0.25, -0.2) is 0 Å². The van der Waals surface area contributed by atoms with Crippen LogP contribution in [0.15, 0.2) is 30.3 Å². The van der Waals surface area contributed by atoms with Crippen molar-refractivity contribution in [2.45, 2.75) is 0 Å². The van der Waals surface area contributed by atoms with Crippen LogP contribution in [0.5, 0.6) is 0 Å². The SMILES string of the molecule is NC(=O)c1cc([N+](=O)[O-])c2c(c1N)C(=O)c1ccccc1C2=O. The Labute approximate surface area is 128 Å². The van der Waals surface area contributed by atoms with Gasteiger partial charge in [-0.15, -0.1) is 0 Å². The maximum atomic E-state index is 12.6. The Morgan fingerprint density at radius 3 is 2.04 bits per heavy atom. The molecule has 4 N–H and O–H groups in total. The number of carbonyl (C=O) groups excluding carboxylic acids is 3. The van der Waals surface area contributed by atoms with E-state index in [1.807, 2.05) is 0 Å². The van der Waals surface area contributed by atoms with Gasteiger partial charge in [0.25, 0.3) is 11.6 Å². The van der Waals surface area contributed by atoms with Crippen LogP contribution < -0.4 is 11.5 Å². The van der Waals surface area contributed by atoms with Crippen LogP contribution in [0.2, 0.25) is 0 Å². The third-order valence-electron chi connectivity index (χ3n) is 3.68. The predicted molar refractivity (Wildman–Crippen MR) is 79.3 cm³/mol. The summed E-state index contributed by atoms with van der Waals surface area (Å²) in [6.45, 7) is 0. The number of carbonyl (C=O) groups is 3. The van der Waals surface area contributed by atoms with Crippen molar-refractivity contribution >= 4 is 28.8 Å². The Bertz CT molecular complexity index is 933. The Kier molecular flexibility index (Phi) is 2.96. The molecule has 0 radical (unpaired) electrons. The lowest BCUT2D eigenvalue weighted by Gasteiger charge is -2.19. The zero-order chi connectivity index (χ0) is 16.9. The minimum absolute atomic E-state index is 0.0549. The highest BCUT2D eigenvalue weighted by molar-refractivity contribution is 6.32. The lowest BCUT2D eigenvalue weighted by atomic mass is 9.81. The van der Waals surface area contributed by atoms with Crippen LogP contribution in [0.4, 0.5) is 11.4 Å². The topological polar surface area (TPSA) is 146 Å². The van der Waals surface area contributed by atoms with Crippen LogP contribution >= 0.6 is 0 Å². The fraction of sp³-hybridized carbons (Fsp3) is 0. The van der Waals surface area contributed by atoms with Gasteiger partial charge in [-0.3, -0.25) is 24.5 Å². The fourth-order valence-electron chi connectivity index (χ4n) is 2.65. The third-order valence-corrected chi connectivity index (χ3v) is 3.68. The number of amides is 1. The van der Waals surface area contributed by atoms with E-state index in [1.165, 1.54) is 12.1 Å². The first kappa shape index (κ1) is 14.4. The number of nitrogens with two attached hydrogens (primary N) is 2. The molecule has 1 aliphatic carbocycles. The predicted octanol–water partition coefficient (Wildman–Crippen LogP) is 1.05. The molecule has 0 bridgehead atoms. The van der Waals surface area contributed by atoms with E-state index < -0.39 is 33.6 Å². The van der Waals surface area contributed by atoms with Crippen molar-refractivity contribution in [3.8, 4) is 0 Å². The number of ketones is 2. The van der Waals surface area contributed by atoms with Crippen molar-refractivity contribution in [1.29, 1.82) is 0 Å². The number of nitro benzene ring substituents is 1. The molecule has 2 aromatic rings. The van der Waals surface area contributed by atoms with Gasteiger partial charge < -0.3 is 11.5 Å². The smallest absolute Gasteiger partial charge is 0.282 e. The van der Waals surface area contributed by atoms with Crippen molar-refractivity contribution in [3.63, 3.8) is 0 Å². The molecule has 114 valence electrons. The van der Waals surface area contributed by atoms with Crippen molar-refractivity contribution in [2.75, 3.05) is 5.73 Å². The zero-order valence-electron chi connectivity index (χ0n) is 11.5. The second-order valence-corrected chi connectivity index (χ2v) is 4.93. The third kappa shape index (κ3) is 1.89. The van der Waals surface area contributed by atoms with E-state index in [9.17, 15) is 24.5 Å². The summed E-state index contributed by atoms with van der Waals surface area (Å²) >= 11 is 0. The molecule has 3 rings (SSSR count). The van der Waals surface area contributed by atoms with Crippen LogP contribution in [0.1, 0.15) is 42.2 Å². The maximum Gasteiger partial charge on any atom is 0.282 e. The van der Waals surface area contributed by atoms with Gasteiger partial charge in [-0.2, -0.15) is 0 Å². The molecule has 23 heavy (non-hydrogen) atoms. The standard InChI is InChI=1S/C15H9N3O5/c16-12-8(15(17)21)5-9(18(22)23)10-11(12)14(20)7-4-2-1-3-6(7)13(10)19/h1-5H,16H2,(H2,17,21). The Morgan fingerprint density at radius 1 is 1.04 bits per heavy atom. The van der Waals surface area contributed by atoms with Gasteiger partial charge in [0, 0.05) is 17.2 Å². The summed E-state index contributed by atoms with van der Waals surface area (Å²) in [6.07, 6.45) is 0. The first-order valence-corrected chi connectivity index (χ1v) is 6.43. The normalized spacial score (nSPS) is 12.5. The number of anilines is 1. The van der Waals surface area contributed by atoms with Gasteiger partial charge in [0.1, 0.15) is 5.56 Å². The molecule has 8 heteroatoms. The first-order valence-electron chi connectivity index (χ1n) is 6.43. The summed E-state index contributed by atoms with van der Waals surface area (Å²) in [6, 6.07) is 6.75. The van der Waals surface area contributed by atoms with E-state index in [0.29, 0.717) is 0 Å². The zero-order valence-corrected chi connectivity index (χ0v) is 11.5. The quantitative estimate of drug-likeness (QED) is 0.411. The van der Waals surface area contributed by atoms with Gasteiger partial charge in [-0.05, 0) is 0 Å². The van der Waals surface area contributed by atoms with E-state index in [0.717, 1.165) is 6.07 Å². The molecule has 0 saturated carbocycles. The summed E-state index contributed by atoms with van der Waals surface area (Å²) in [4.78, 5) is 47.1. The lowest BCUT2D eigenvalue weighted by molar-refractivity contribution is -0.385. The number of rotatable bonds is 2. The van der Waals surface area contributed by atoms with E-state index in [-0.39, 0.29) is 27.9 Å². The first-order chi connectivity index (χ1) is 10.8. The van der Waals surface area contributed by atoms with E-state index in [2.05, 4.69) is 0 Å². The molecule has 0 fully saturated rings. The summed E-state index contributed by atoms with van der Waals surface area (Å²) < 4.78 is 0. The summed E-state index contributed by atoms with van der Waals surface area (Å²) in [7, 11) is 0. The number of benzene rings is 2. The van der Waals surface area contributed by atoms with Crippen molar-refractivity contribution in [3.05, 3.63) is 68.3 Å². The van der Waals surface area contributed by atoms with Crippen molar-refractivity contribution < 1.29 is 19.3 Å². The largest absolute Gasteiger partial charge is 0.397 e. The van der Waals surface area contributed by atoms with Gasteiger partial charge >= 0.3 is 0 Å². The Morgan fingerprint density at radius 2 is 1.57 bits per heavy atom. The van der Waals surface area contributed by atoms with E-state index >= 15 is 0 Å². The average Bonchev–Trinajstić information content (AvgIpc) is 2.51. The molecule has 0 saturated heterocycles. The summed E-state index contributed by atoms with van der Waals surface area (Å²) in [5, 5.41) is 11.3. The molecule has 8 nitrogen and oxygen atoms in total. The average molecular weight is 311 g/mol. The van der Waals surface area contributed by atoms with Crippen LogP contribution in [0.25, 0.3) is 0 Å². The molecule has 0 aromatic heterocycles. The minimum Gasteiger partial charge on any atom is -0.397 e. The van der Waals surface area contributed by atoms with Crippen LogP contribution in [-0.4, -0.2) is 22.4 Å². The van der Waals surface area contributed by atoms with Crippen molar-refractivity contribution in [1.82, 2.24) is 0 Å². The second-order valence-electron chi connectivity index (χ2n) is 4.93. The molecule has 1 amide bonds. The van der Waals surface area contributed by atoms with Gasteiger partial charge in [0.2, 0.25) is 5.78 Å². The highest BCUT2D eigenvalue weighted by atomic mass is 16.6. The highest BCUT2D eigenvalue weighted by Crippen LogP contribution is 2.38. The highest BCUT2D eigenvalue weighted by Gasteiger charge is 2.38. The van der Waals surface area contributed by atoms with Crippen LogP contribution in [-0.2, 0) is 0 Å². The van der Waals surface area contributed by atoms with E-state index in [1.54, 1.807) is 12.1 Å². The molecule has 0 unspecified atom stereocenters. The minimum atomic E-state index is -1.02. The number of primary amides is 1. The number of nitro groups is 1. The summed E-state index contributed by atoms with van der Waals surface area (Å²) in [5.41, 5.74) is 8.94. The maximum absolute atomic E-state index is 12.6. The second kappa shape index (κ2) is 4.73. The Hall–Kier alpha value is -3.55. The molecule has 0 heterocycles. The molecular formula is C15H9N3O5. The number of fused-ring (bicyclic) bond motifs is 2. The van der Waals surface area contributed by atoms with Crippen molar-refractivity contribution in [2.24, 2.45) is 5.73 Å². The monoisotopic (exact) mass is 311 g/mol. The lowest BCUT2D eigenvalue weighted by Crippen LogP contribution is -2.26. The van der Waals surface area contributed by atoms with Gasteiger partial charge in [-0.1, -0.05) is 24.3 Å². The van der Waals surface area contributed by atoms with Crippen LogP contribution in [0, 0.1) is 10.1 Å². The fourth-order valence-corrected chi connectivity index (χ4v) is 2.65. The van der Waals surface area contributed by atoms with E-state index in [4.69, 9.17) is 11.5 Å². The molecule has 1 aliphatic rings. The van der Waals surface area contributed by atoms with Gasteiger partial charge in [0.05, 0.1) is 21.7 Å². The Balaban J connectivity index is 2.46. The number of nitrogen functional groups attached to an aromatic ring is 1. The van der Waals surface area contributed by atoms with Gasteiger partial charge in [0.15, 0.2) is 5.78 Å². The van der Waals surface area contributed by atoms with Crippen LogP contribution in [0.3, 0.4) is 0 Å². The summed E-state index contributed by atoms with van der Waals surface area (Å²) in [5.74, 6) is -2.36. The molecule has 2 aromatic carbocycles. The molecule has 0 atom stereocenters. The molecule has 0 spiro atoms.